The van der Waals surface area contributed by atoms with Crippen molar-refractivity contribution in [2.75, 3.05) is 0 Å². The number of hydrogen-bond acceptors (Lipinski definition) is 3. The molecule has 1 unspecified atom stereocenters. The number of rotatable bonds is 4. The maximum atomic E-state index is 11.1. The molecule has 3 N–H and O–H groups in total. The second kappa shape index (κ2) is 6.92. The Kier molecular flexibility index (Phi) is 4.47. The van der Waals surface area contributed by atoms with Crippen LogP contribution in [0.5, 0.6) is 0 Å². The fourth-order valence-corrected chi connectivity index (χ4v) is 3.84. The van der Waals surface area contributed by atoms with Gasteiger partial charge >= 0.3 is 5.97 Å². The molecular weight excluding hydrogens is 328 g/mol. The molecule has 3 aromatic rings. The molecule has 0 radical (unpaired) electrons. The molecule has 1 aromatic heterocycles. The minimum absolute atomic E-state index is 0.235. The molecule has 5 nitrogen and oxygen atoms in total. The van der Waals surface area contributed by atoms with E-state index >= 15 is 0 Å². The van der Waals surface area contributed by atoms with E-state index < -0.39 is 12.1 Å². The lowest BCUT2D eigenvalue weighted by molar-refractivity contribution is 0.0697. The van der Waals surface area contributed by atoms with Crippen LogP contribution in [0.2, 0.25) is 0 Å². The predicted molar refractivity (Wildman–Crippen MR) is 100 cm³/mol. The zero-order valence-electron chi connectivity index (χ0n) is 14.5. The lowest BCUT2D eigenvalue weighted by Crippen LogP contribution is -2.15. The molecule has 1 heterocycles. The number of benzene rings is 2. The van der Waals surface area contributed by atoms with E-state index in [0.29, 0.717) is 17.3 Å². The minimum atomic E-state index is -0.955. The lowest BCUT2D eigenvalue weighted by atomic mass is 9.82. The van der Waals surface area contributed by atoms with Crippen LogP contribution in [0.1, 0.15) is 54.1 Å². The van der Waals surface area contributed by atoms with Gasteiger partial charge in [-0.2, -0.15) is 0 Å². The van der Waals surface area contributed by atoms with E-state index in [-0.39, 0.29) is 5.56 Å². The molecule has 26 heavy (non-hydrogen) atoms. The number of hydrogen-bond donors (Lipinski definition) is 3. The number of imidazole rings is 1. The van der Waals surface area contributed by atoms with E-state index in [4.69, 9.17) is 5.11 Å². The Morgan fingerprint density at radius 1 is 1.08 bits per heavy atom. The van der Waals surface area contributed by atoms with E-state index in [9.17, 15) is 9.90 Å². The number of nitrogens with zero attached hydrogens (tertiary/aromatic N) is 1. The van der Waals surface area contributed by atoms with Crippen LogP contribution in [0.15, 0.2) is 42.5 Å². The van der Waals surface area contributed by atoms with Crippen molar-refractivity contribution >= 4 is 17.0 Å². The Labute approximate surface area is 151 Å². The Morgan fingerprint density at radius 3 is 2.50 bits per heavy atom. The first-order valence-corrected chi connectivity index (χ1v) is 9.13. The number of carboxylic acids is 1. The van der Waals surface area contributed by atoms with Crippen molar-refractivity contribution < 1.29 is 15.0 Å². The van der Waals surface area contributed by atoms with Crippen LogP contribution >= 0.6 is 0 Å². The maximum Gasteiger partial charge on any atom is 0.335 e. The summed E-state index contributed by atoms with van der Waals surface area (Å²) in [6.07, 6.45) is 5.47. The summed E-state index contributed by atoms with van der Waals surface area (Å²) in [5.74, 6) is 0.0978. The third-order valence-electron chi connectivity index (χ3n) is 5.35. The predicted octanol–water partition coefficient (Wildman–Crippen LogP) is 4.54. The van der Waals surface area contributed by atoms with E-state index in [1.54, 1.807) is 18.2 Å². The van der Waals surface area contributed by atoms with Crippen LogP contribution in [0.25, 0.3) is 22.4 Å². The van der Waals surface area contributed by atoms with Gasteiger partial charge in [-0.1, -0.05) is 43.5 Å². The molecule has 1 saturated carbocycles. The highest BCUT2D eigenvalue weighted by atomic mass is 16.4. The summed E-state index contributed by atoms with van der Waals surface area (Å²) in [6.45, 7) is 0. The first-order chi connectivity index (χ1) is 12.6. The number of fused-ring (bicyclic) bond motifs is 1. The second-order valence-electron chi connectivity index (χ2n) is 7.09. The number of aliphatic hydroxyl groups is 1. The average molecular weight is 350 g/mol. The Hall–Kier alpha value is -2.66. The molecule has 134 valence electrons. The van der Waals surface area contributed by atoms with Gasteiger partial charge in [0.25, 0.3) is 0 Å². The van der Waals surface area contributed by atoms with Crippen LogP contribution < -0.4 is 0 Å². The number of aromatic nitrogens is 2. The highest BCUT2D eigenvalue weighted by molar-refractivity contribution is 5.93. The van der Waals surface area contributed by atoms with Gasteiger partial charge in [0.2, 0.25) is 0 Å². The molecule has 0 aliphatic heterocycles. The zero-order chi connectivity index (χ0) is 18.1. The summed E-state index contributed by atoms with van der Waals surface area (Å²) >= 11 is 0. The molecule has 1 fully saturated rings. The number of H-pyrrole nitrogens is 1. The van der Waals surface area contributed by atoms with E-state index in [1.165, 1.54) is 19.3 Å². The smallest absolute Gasteiger partial charge is 0.335 e. The minimum Gasteiger partial charge on any atom is -0.478 e. The van der Waals surface area contributed by atoms with Crippen molar-refractivity contribution in [3.05, 3.63) is 53.6 Å². The van der Waals surface area contributed by atoms with Crippen LogP contribution in [0.4, 0.5) is 0 Å². The molecule has 2 aromatic carbocycles. The van der Waals surface area contributed by atoms with Gasteiger partial charge in [0.1, 0.15) is 5.82 Å². The van der Waals surface area contributed by atoms with Crippen LogP contribution in [-0.2, 0) is 0 Å². The highest BCUT2D eigenvalue weighted by Crippen LogP contribution is 2.34. The van der Waals surface area contributed by atoms with Crippen molar-refractivity contribution in [2.45, 2.75) is 38.2 Å². The highest BCUT2D eigenvalue weighted by Gasteiger charge is 2.23. The number of carbonyl (C=O) groups is 1. The molecule has 4 rings (SSSR count). The molecule has 1 aliphatic carbocycles. The number of aromatic amines is 1. The van der Waals surface area contributed by atoms with Crippen molar-refractivity contribution in [3.63, 3.8) is 0 Å². The summed E-state index contributed by atoms with van der Waals surface area (Å²) in [4.78, 5) is 18.8. The molecule has 1 aliphatic rings. The normalized spacial score (nSPS) is 16.7. The molecule has 0 saturated heterocycles. The van der Waals surface area contributed by atoms with Crippen molar-refractivity contribution in [1.82, 2.24) is 9.97 Å². The molecule has 1 atom stereocenters. The van der Waals surface area contributed by atoms with Gasteiger partial charge in [0.05, 0.1) is 22.7 Å². The first-order valence-electron chi connectivity index (χ1n) is 9.13. The third-order valence-corrected chi connectivity index (χ3v) is 5.35. The van der Waals surface area contributed by atoms with Gasteiger partial charge in [0.15, 0.2) is 0 Å². The molecule has 0 amide bonds. The monoisotopic (exact) mass is 350 g/mol. The number of aromatic carboxylic acids is 1. The number of carboxylic acid groups (broad SMARTS) is 1. The van der Waals surface area contributed by atoms with Crippen LogP contribution in [-0.4, -0.2) is 26.2 Å². The number of aliphatic hydroxyl groups excluding tert-OH is 1. The van der Waals surface area contributed by atoms with Crippen molar-refractivity contribution in [2.24, 2.45) is 5.92 Å². The summed E-state index contributed by atoms with van der Waals surface area (Å²) < 4.78 is 0. The van der Waals surface area contributed by atoms with Crippen molar-refractivity contribution in [3.8, 4) is 11.4 Å². The molecule has 0 spiro atoms. The SMILES string of the molecule is O=C(O)c1ccc2nc(-c3ccc(C(O)C4CCCCC4)cc3)[nH]c2c1. The van der Waals surface area contributed by atoms with Crippen LogP contribution in [0, 0.1) is 5.92 Å². The Bertz CT molecular complexity index is 924. The van der Waals surface area contributed by atoms with E-state index in [2.05, 4.69) is 9.97 Å². The van der Waals surface area contributed by atoms with E-state index in [1.807, 2.05) is 24.3 Å². The zero-order valence-corrected chi connectivity index (χ0v) is 14.5. The molecule has 5 heteroatoms. The average Bonchev–Trinajstić information content (AvgIpc) is 3.11. The summed E-state index contributed by atoms with van der Waals surface area (Å²) in [6, 6.07) is 12.7. The van der Waals surface area contributed by atoms with Crippen LogP contribution in [0.3, 0.4) is 0 Å². The second-order valence-corrected chi connectivity index (χ2v) is 7.09. The van der Waals surface area contributed by atoms with Crippen molar-refractivity contribution in [1.29, 1.82) is 0 Å². The van der Waals surface area contributed by atoms with Gasteiger partial charge in [0, 0.05) is 5.56 Å². The fourth-order valence-electron chi connectivity index (χ4n) is 3.84. The number of nitrogens with one attached hydrogen (secondary N) is 1. The quantitative estimate of drug-likeness (QED) is 0.645. The van der Waals surface area contributed by atoms with E-state index in [0.717, 1.165) is 29.5 Å². The lowest BCUT2D eigenvalue weighted by Gasteiger charge is -2.26. The largest absolute Gasteiger partial charge is 0.478 e. The van der Waals surface area contributed by atoms with Gasteiger partial charge in [-0.3, -0.25) is 0 Å². The van der Waals surface area contributed by atoms with Gasteiger partial charge in [-0.15, -0.1) is 0 Å². The maximum absolute atomic E-state index is 11.1. The Balaban J connectivity index is 1.58. The Morgan fingerprint density at radius 2 is 1.81 bits per heavy atom. The summed E-state index contributed by atoms with van der Waals surface area (Å²) in [7, 11) is 0. The molecule has 0 bridgehead atoms. The first kappa shape index (κ1) is 16.8. The third kappa shape index (κ3) is 3.22. The van der Waals surface area contributed by atoms with Gasteiger partial charge in [-0.25, -0.2) is 9.78 Å². The fraction of sp³-hybridized carbons (Fsp3) is 0.333. The van der Waals surface area contributed by atoms with Gasteiger partial charge in [-0.05, 0) is 42.5 Å². The standard InChI is InChI=1S/C21H22N2O3/c24-19(13-4-2-1-3-5-13)14-6-8-15(9-7-14)20-22-17-11-10-16(21(25)26)12-18(17)23-20/h6-13,19,24H,1-5H2,(H,22,23)(H,25,26). The van der Waals surface area contributed by atoms with Gasteiger partial charge < -0.3 is 15.2 Å². The molecular formula is C21H22N2O3. The topological polar surface area (TPSA) is 86.2 Å². The summed E-state index contributed by atoms with van der Waals surface area (Å²) in [5, 5.41) is 19.7. The summed E-state index contributed by atoms with van der Waals surface area (Å²) in [5.41, 5.74) is 3.53.